The van der Waals surface area contributed by atoms with Crippen molar-refractivity contribution < 1.29 is 4.79 Å². The summed E-state index contributed by atoms with van der Waals surface area (Å²) in [6.45, 7) is 7.23. The van der Waals surface area contributed by atoms with E-state index in [2.05, 4.69) is 32.2 Å². The first kappa shape index (κ1) is 16.0. The molecule has 2 nitrogen and oxygen atoms in total. The Bertz CT molecular complexity index is 243. The molecule has 2 heteroatoms. The first-order chi connectivity index (χ1) is 8.20. The van der Waals surface area contributed by atoms with E-state index in [-0.39, 0.29) is 5.91 Å². The van der Waals surface area contributed by atoms with Crippen LogP contribution in [0.3, 0.4) is 0 Å². The summed E-state index contributed by atoms with van der Waals surface area (Å²) in [4.78, 5) is 11.4. The number of unbranched alkanes of at least 4 members (excludes halogenated alkanes) is 3. The maximum absolute atomic E-state index is 11.4. The Hall–Kier alpha value is -1.05. The lowest BCUT2D eigenvalue weighted by molar-refractivity contribution is -0.116. The Labute approximate surface area is 106 Å². The molecule has 1 N–H and O–H groups in total. The number of nitrogens with one attached hydrogen (secondary N) is 1. The molecule has 0 aromatic rings. The summed E-state index contributed by atoms with van der Waals surface area (Å²) in [6.07, 6.45) is 13.5. The van der Waals surface area contributed by atoms with Gasteiger partial charge in [-0.2, -0.15) is 0 Å². The zero-order chi connectivity index (χ0) is 12.9. The maximum atomic E-state index is 11.4. The van der Waals surface area contributed by atoms with Crippen LogP contribution in [0.25, 0.3) is 0 Å². The van der Waals surface area contributed by atoms with Crippen LogP contribution in [0.15, 0.2) is 24.3 Å². The van der Waals surface area contributed by atoms with Crippen LogP contribution in [0, 0.1) is 5.92 Å². The lowest BCUT2D eigenvalue weighted by atomic mass is 10.1. The van der Waals surface area contributed by atoms with E-state index in [1.165, 1.54) is 19.3 Å². The molecular formula is C15H27NO. The van der Waals surface area contributed by atoms with Gasteiger partial charge in [0.15, 0.2) is 0 Å². The molecule has 0 aliphatic rings. The van der Waals surface area contributed by atoms with E-state index in [0.717, 1.165) is 19.4 Å². The van der Waals surface area contributed by atoms with Crippen LogP contribution in [0.5, 0.6) is 0 Å². The van der Waals surface area contributed by atoms with Gasteiger partial charge in [-0.25, -0.2) is 0 Å². The molecule has 0 aliphatic heterocycles. The quantitative estimate of drug-likeness (QED) is 0.368. The van der Waals surface area contributed by atoms with Crippen molar-refractivity contribution in [3.63, 3.8) is 0 Å². The Balaban J connectivity index is 3.59. The van der Waals surface area contributed by atoms with E-state index < -0.39 is 0 Å². The zero-order valence-electron chi connectivity index (χ0n) is 11.5. The van der Waals surface area contributed by atoms with Gasteiger partial charge in [0.2, 0.25) is 5.91 Å². The highest BCUT2D eigenvalue weighted by molar-refractivity contribution is 5.87. The lowest BCUT2D eigenvalue weighted by Crippen LogP contribution is -2.26. The van der Waals surface area contributed by atoms with Crippen molar-refractivity contribution in [2.75, 3.05) is 6.54 Å². The highest BCUT2D eigenvalue weighted by Gasteiger charge is 1.99. The Morgan fingerprint density at radius 1 is 1.24 bits per heavy atom. The first-order valence-electron chi connectivity index (χ1n) is 6.81. The third kappa shape index (κ3) is 11.2. The van der Waals surface area contributed by atoms with Gasteiger partial charge >= 0.3 is 0 Å². The number of allylic oxidation sites excluding steroid dienone is 3. The molecular weight excluding hydrogens is 210 g/mol. The summed E-state index contributed by atoms with van der Waals surface area (Å²) in [5.41, 5.74) is 0. The molecule has 0 spiro atoms. The van der Waals surface area contributed by atoms with E-state index in [9.17, 15) is 4.79 Å². The highest BCUT2D eigenvalue weighted by atomic mass is 16.1. The fourth-order valence-electron chi connectivity index (χ4n) is 1.31. The first-order valence-corrected chi connectivity index (χ1v) is 6.81. The highest BCUT2D eigenvalue weighted by Crippen LogP contribution is 1.99. The zero-order valence-corrected chi connectivity index (χ0v) is 11.5. The second-order valence-electron chi connectivity index (χ2n) is 4.54. The standard InChI is InChI=1S/C15H27NO/c1-4-6-7-8-9-10-11-12-15(17)16-13-14(3)5-2/h9-12,14H,4-8,13H2,1-3H3,(H,16,17)/b10-9+,12-11+/t14-/m0/s1. The number of amides is 1. The summed E-state index contributed by atoms with van der Waals surface area (Å²) >= 11 is 0. The summed E-state index contributed by atoms with van der Waals surface area (Å²) in [5.74, 6) is 0.556. The fraction of sp³-hybridized carbons (Fsp3) is 0.667. The van der Waals surface area contributed by atoms with E-state index in [0.29, 0.717) is 5.92 Å². The molecule has 0 aliphatic carbocycles. The predicted octanol–water partition coefficient (Wildman–Crippen LogP) is 3.84. The summed E-state index contributed by atoms with van der Waals surface area (Å²) < 4.78 is 0. The number of rotatable bonds is 9. The number of hydrogen-bond donors (Lipinski definition) is 1. The number of carbonyl (C=O) groups excluding carboxylic acids is 1. The van der Waals surface area contributed by atoms with Crippen LogP contribution in [0.2, 0.25) is 0 Å². The van der Waals surface area contributed by atoms with Crippen LogP contribution in [0.4, 0.5) is 0 Å². The van der Waals surface area contributed by atoms with Crippen molar-refractivity contribution in [2.24, 2.45) is 5.92 Å². The van der Waals surface area contributed by atoms with Gasteiger partial charge in [0, 0.05) is 12.6 Å². The van der Waals surface area contributed by atoms with Gasteiger partial charge < -0.3 is 5.32 Å². The molecule has 0 unspecified atom stereocenters. The Kier molecular flexibility index (Phi) is 10.7. The van der Waals surface area contributed by atoms with Crippen LogP contribution < -0.4 is 5.32 Å². The van der Waals surface area contributed by atoms with Gasteiger partial charge in [0.1, 0.15) is 0 Å². The SMILES string of the molecule is CCCCC/C=C/C=C/C(=O)NC[C@@H](C)CC. The van der Waals surface area contributed by atoms with Crippen molar-refractivity contribution in [1.82, 2.24) is 5.32 Å². The third-order valence-electron chi connectivity index (χ3n) is 2.79. The van der Waals surface area contributed by atoms with Crippen molar-refractivity contribution in [2.45, 2.75) is 52.9 Å². The van der Waals surface area contributed by atoms with Crippen molar-refractivity contribution in [1.29, 1.82) is 0 Å². The molecule has 0 aromatic carbocycles. The monoisotopic (exact) mass is 237 g/mol. The predicted molar refractivity (Wildman–Crippen MR) is 74.9 cm³/mol. The van der Waals surface area contributed by atoms with Gasteiger partial charge in [-0.3, -0.25) is 4.79 Å². The van der Waals surface area contributed by atoms with Gasteiger partial charge in [-0.1, -0.05) is 58.3 Å². The van der Waals surface area contributed by atoms with Gasteiger partial charge in [0.05, 0.1) is 0 Å². The molecule has 0 rings (SSSR count). The average molecular weight is 237 g/mol. The molecule has 0 bridgehead atoms. The van der Waals surface area contributed by atoms with Gasteiger partial charge in [0.25, 0.3) is 0 Å². The summed E-state index contributed by atoms with van der Waals surface area (Å²) in [6, 6.07) is 0. The van der Waals surface area contributed by atoms with Gasteiger partial charge in [-0.15, -0.1) is 0 Å². The molecule has 1 atom stereocenters. The van der Waals surface area contributed by atoms with Crippen LogP contribution in [-0.2, 0) is 4.79 Å². The molecule has 0 radical (unpaired) electrons. The molecule has 0 saturated carbocycles. The molecule has 0 fully saturated rings. The topological polar surface area (TPSA) is 29.1 Å². The largest absolute Gasteiger partial charge is 0.352 e. The molecule has 0 aromatic heterocycles. The smallest absolute Gasteiger partial charge is 0.243 e. The van der Waals surface area contributed by atoms with E-state index in [1.807, 2.05) is 12.2 Å². The van der Waals surface area contributed by atoms with Crippen molar-refractivity contribution in [3.8, 4) is 0 Å². The second kappa shape index (κ2) is 11.4. The van der Waals surface area contributed by atoms with Gasteiger partial charge in [-0.05, 0) is 18.8 Å². The lowest BCUT2D eigenvalue weighted by Gasteiger charge is -2.07. The molecule has 1 amide bonds. The molecule has 98 valence electrons. The fourth-order valence-corrected chi connectivity index (χ4v) is 1.31. The minimum Gasteiger partial charge on any atom is -0.352 e. The summed E-state index contributed by atoms with van der Waals surface area (Å²) in [5, 5.41) is 2.88. The van der Waals surface area contributed by atoms with E-state index >= 15 is 0 Å². The van der Waals surface area contributed by atoms with Crippen LogP contribution in [-0.4, -0.2) is 12.5 Å². The minimum absolute atomic E-state index is 0.00325. The van der Waals surface area contributed by atoms with Crippen molar-refractivity contribution >= 4 is 5.91 Å². The average Bonchev–Trinajstić information content (AvgIpc) is 2.34. The van der Waals surface area contributed by atoms with Crippen molar-refractivity contribution in [3.05, 3.63) is 24.3 Å². The molecule has 0 saturated heterocycles. The van der Waals surface area contributed by atoms with E-state index in [4.69, 9.17) is 0 Å². The molecule has 17 heavy (non-hydrogen) atoms. The Morgan fingerprint density at radius 3 is 2.65 bits per heavy atom. The van der Waals surface area contributed by atoms with Crippen LogP contribution >= 0.6 is 0 Å². The molecule has 0 heterocycles. The maximum Gasteiger partial charge on any atom is 0.243 e. The number of hydrogen-bond acceptors (Lipinski definition) is 1. The minimum atomic E-state index is 0.00325. The second-order valence-corrected chi connectivity index (χ2v) is 4.54. The van der Waals surface area contributed by atoms with E-state index in [1.54, 1.807) is 6.08 Å². The summed E-state index contributed by atoms with van der Waals surface area (Å²) in [7, 11) is 0. The normalized spacial score (nSPS) is 13.4. The number of carbonyl (C=O) groups is 1. The Morgan fingerprint density at radius 2 is 2.00 bits per heavy atom. The van der Waals surface area contributed by atoms with Crippen LogP contribution in [0.1, 0.15) is 52.9 Å². The third-order valence-corrected chi connectivity index (χ3v) is 2.79.